The van der Waals surface area contributed by atoms with Crippen LogP contribution < -0.4 is 5.32 Å². The first-order chi connectivity index (χ1) is 25.9. The quantitative estimate of drug-likeness (QED) is 0.135. The summed E-state index contributed by atoms with van der Waals surface area (Å²) in [6.07, 6.45) is 5.02. The first-order valence-corrected chi connectivity index (χ1v) is 18.6. The number of alkyl carbamates (subject to hydrolysis) is 1. The van der Waals surface area contributed by atoms with Crippen LogP contribution in [0.5, 0.6) is 0 Å². The molecular formula is C40H50N8O6. The van der Waals surface area contributed by atoms with Crippen molar-refractivity contribution >= 4 is 24.0 Å². The molecule has 2 saturated heterocycles. The van der Waals surface area contributed by atoms with Crippen molar-refractivity contribution < 1.29 is 29.0 Å². The van der Waals surface area contributed by atoms with Gasteiger partial charge in [-0.05, 0) is 59.8 Å². The monoisotopic (exact) mass is 738 g/mol. The fraction of sp³-hybridized carbons (Fsp3) is 0.450. The lowest BCUT2D eigenvalue weighted by molar-refractivity contribution is -0.138. The van der Waals surface area contributed by atoms with Crippen molar-refractivity contribution in [3.8, 4) is 33.6 Å². The molecule has 54 heavy (non-hydrogen) atoms. The summed E-state index contributed by atoms with van der Waals surface area (Å²) in [6.45, 7) is 8.66. The van der Waals surface area contributed by atoms with Crippen LogP contribution in [-0.4, -0.2) is 103 Å². The molecule has 2 aliphatic heterocycles. The van der Waals surface area contributed by atoms with Gasteiger partial charge in [0, 0.05) is 20.1 Å². The van der Waals surface area contributed by atoms with Crippen molar-refractivity contribution in [3.63, 3.8) is 0 Å². The number of benzene rings is 2. The van der Waals surface area contributed by atoms with Gasteiger partial charge >= 0.3 is 12.2 Å². The molecule has 2 aliphatic rings. The predicted octanol–water partition coefficient (Wildman–Crippen LogP) is 6.48. The summed E-state index contributed by atoms with van der Waals surface area (Å²) in [4.78, 5) is 71.6. The van der Waals surface area contributed by atoms with Crippen LogP contribution in [0.4, 0.5) is 9.59 Å². The van der Waals surface area contributed by atoms with E-state index in [4.69, 9.17) is 4.74 Å². The van der Waals surface area contributed by atoms with Gasteiger partial charge in [-0.1, -0.05) is 76.2 Å². The van der Waals surface area contributed by atoms with Crippen LogP contribution in [0.1, 0.15) is 77.1 Å². The molecule has 2 fully saturated rings. The van der Waals surface area contributed by atoms with Gasteiger partial charge in [0.2, 0.25) is 11.8 Å². The maximum absolute atomic E-state index is 13.6. The Balaban J connectivity index is 1.11. The Hall–Kier alpha value is -5.66. The number of H-pyrrole nitrogens is 2. The standard InChI is InChI=1S/C40H50N8O6/c1-23(2)33(45-39(51)54-6)37(49)47-19-7-9-31(47)35-41-21-29(43-35)27-15-11-25(12-16-27)26-13-17-28(18-14-26)30-22-42-36(44-30)32-10-8-20-48(32)38(50)34(24(3)4)46(5)40(52)53/h11-18,21-24,31-34H,7-10,19-20H2,1-6H3,(H,41,43)(H,42,44)(H,45,51)(H,52,53)/t31-,32+,33-,34+/m1/s1. The molecular weight excluding hydrogens is 688 g/mol. The number of ether oxygens (including phenoxy) is 1. The van der Waals surface area contributed by atoms with Gasteiger partial charge in [0.1, 0.15) is 23.7 Å². The third-order valence-electron chi connectivity index (χ3n) is 10.6. The maximum Gasteiger partial charge on any atom is 0.407 e. The molecule has 4 atom stereocenters. The number of rotatable bonds is 11. The molecule has 4 amide bonds. The van der Waals surface area contributed by atoms with E-state index in [-0.39, 0.29) is 35.7 Å². The van der Waals surface area contributed by atoms with E-state index in [1.807, 2.05) is 52.0 Å². The van der Waals surface area contributed by atoms with Crippen LogP contribution in [0, 0.1) is 11.8 Å². The molecule has 6 rings (SSSR count). The number of carboxylic acid groups (broad SMARTS) is 1. The highest BCUT2D eigenvalue weighted by molar-refractivity contribution is 5.87. The molecule has 2 aromatic carbocycles. The smallest absolute Gasteiger partial charge is 0.407 e. The molecule has 14 heteroatoms. The predicted molar refractivity (Wildman–Crippen MR) is 203 cm³/mol. The Morgan fingerprint density at radius 3 is 1.61 bits per heavy atom. The Morgan fingerprint density at radius 1 is 0.759 bits per heavy atom. The largest absolute Gasteiger partial charge is 0.465 e. The number of carbonyl (C=O) groups excluding carboxylic acids is 3. The summed E-state index contributed by atoms with van der Waals surface area (Å²) >= 11 is 0. The normalized spacial score (nSPS) is 18.2. The third-order valence-corrected chi connectivity index (χ3v) is 10.6. The van der Waals surface area contributed by atoms with Crippen LogP contribution in [0.15, 0.2) is 60.9 Å². The number of hydrogen-bond acceptors (Lipinski definition) is 7. The SMILES string of the molecule is COC(=O)N[C@@H](C(=O)N1CCC[C@@H]1c1ncc(-c2ccc(-c3ccc(-c4cnc([C@@H]5CCCN5C(=O)[C@H](C(C)C)N(C)C(=O)O)[nH]4)cc3)cc2)[nH]1)C(C)C. The number of hydrogen-bond donors (Lipinski definition) is 4. The summed E-state index contributed by atoms with van der Waals surface area (Å²) in [7, 11) is 2.73. The molecule has 0 spiro atoms. The average Bonchev–Trinajstić information content (AvgIpc) is 4.00. The molecule has 4 aromatic rings. The number of likely N-dealkylation sites (tertiary alicyclic amines) is 2. The molecule has 0 unspecified atom stereocenters. The van der Waals surface area contributed by atoms with E-state index in [0.29, 0.717) is 18.9 Å². The van der Waals surface area contributed by atoms with Crippen molar-refractivity contribution in [3.05, 3.63) is 72.6 Å². The number of nitrogens with one attached hydrogen (secondary N) is 3. The first kappa shape index (κ1) is 38.1. The van der Waals surface area contributed by atoms with Crippen LogP contribution in [0.25, 0.3) is 33.6 Å². The number of methoxy groups -OCH3 is 1. The van der Waals surface area contributed by atoms with Crippen LogP contribution in [-0.2, 0) is 14.3 Å². The molecule has 286 valence electrons. The number of aromatic nitrogens is 4. The van der Waals surface area contributed by atoms with Crippen molar-refractivity contribution in [2.24, 2.45) is 11.8 Å². The van der Waals surface area contributed by atoms with Gasteiger partial charge in [0.15, 0.2) is 0 Å². The van der Waals surface area contributed by atoms with E-state index in [1.54, 1.807) is 22.2 Å². The highest BCUT2D eigenvalue weighted by atomic mass is 16.5. The minimum absolute atomic E-state index is 0.107. The van der Waals surface area contributed by atoms with E-state index < -0.39 is 24.3 Å². The summed E-state index contributed by atoms with van der Waals surface area (Å²) in [6, 6.07) is 14.5. The molecule has 14 nitrogen and oxygen atoms in total. The molecule has 0 radical (unpaired) electrons. The van der Waals surface area contributed by atoms with Crippen molar-refractivity contribution in [2.75, 3.05) is 27.2 Å². The number of imidazole rings is 2. The highest BCUT2D eigenvalue weighted by Crippen LogP contribution is 2.35. The van der Waals surface area contributed by atoms with E-state index in [1.165, 1.54) is 14.2 Å². The molecule has 2 aromatic heterocycles. The summed E-state index contributed by atoms with van der Waals surface area (Å²) in [5.41, 5.74) is 5.71. The van der Waals surface area contributed by atoms with Crippen molar-refractivity contribution in [1.29, 1.82) is 0 Å². The third kappa shape index (κ3) is 7.82. The topological polar surface area (TPSA) is 177 Å². The number of aromatic amines is 2. The van der Waals surface area contributed by atoms with Gasteiger partial charge in [-0.2, -0.15) is 0 Å². The summed E-state index contributed by atoms with van der Waals surface area (Å²) in [5.74, 6) is 0.793. The van der Waals surface area contributed by atoms with Crippen LogP contribution >= 0.6 is 0 Å². The van der Waals surface area contributed by atoms with E-state index in [9.17, 15) is 24.3 Å². The Morgan fingerprint density at radius 2 is 1.20 bits per heavy atom. The van der Waals surface area contributed by atoms with Crippen LogP contribution in [0.3, 0.4) is 0 Å². The average molecular weight is 739 g/mol. The number of carbonyl (C=O) groups is 4. The lowest BCUT2D eigenvalue weighted by atomic mass is 10.0. The zero-order valence-electron chi connectivity index (χ0n) is 31.7. The van der Waals surface area contributed by atoms with Crippen molar-refractivity contribution in [2.45, 2.75) is 77.5 Å². The lowest BCUT2D eigenvalue weighted by Gasteiger charge is -2.33. The highest BCUT2D eigenvalue weighted by Gasteiger charge is 2.40. The van der Waals surface area contributed by atoms with Gasteiger partial charge in [0.05, 0.1) is 43.0 Å². The second kappa shape index (κ2) is 16.1. The first-order valence-electron chi connectivity index (χ1n) is 18.6. The minimum Gasteiger partial charge on any atom is -0.465 e. The number of nitrogens with zero attached hydrogens (tertiary/aromatic N) is 5. The van der Waals surface area contributed by atoms with Gasteiger partial charge < -0.3 is 34.9 Å². The lowest BCUT2D eigenvalue weighted by Crippen LogP contribution is -2.51. The Labute approximate surface area is 315 Å². The maximum atomic E-state index is 13.6. The van der Waals surface area contributed by atoms with Gasteiger partial charge in [0.25, 0.3) is 0 Å². The molecule has 4 heterocycles. The second-order valence-electron chi connectivity index (χ2n) is 14.8. The molecule has 4 N–H and O–H groups in total. The summed E-state index contributed by atoms with van der Waals surface area (Å²) in [5, 5.41) is 12.3. The van der Waals surface area contributed by atoms with E-state index in [2.05, 4.69) is 49.5 Å². The van der Waals surface area contributed by atoms with Gasteiger partial charge in [-0.15, -0.1) is 0 Å². The van der Waals surface area contributed by atoms with Gasteiger partial charge in [-0.3, -0.25) is 14.5 Å². The molecule has 0 saturated carbocycles. The molecule has 0 bridgehead atoms. The molecule has 0 aliphatic carbocycles. The zero-order valence-corrected chi connectivity index (χ0v) is 31.7. The zero-order chi connectivity index (χ0) is 38.7. The number of likely N-dealkylation sites (N-methyl/N-ethyl adjacent to an activating group) is 1. The van der Waals surface area contributed by atoms with E-state index in [0.717, 1.165) is 70.0 Å². The summed E-state index contributed by atoms with van der Waals surface area (Å²) < 4.78 is 4.75. The number of amides is 4. The fourth-order valence-corrected chi connectivity index (χ4v) is 7.68. The van der Waals surface area contributed by atoms with Crippen LogP contribution in [0.2, 0.25) is 0 Å². The minimum atomic E-state index is -1.13. The Kier molecular flexibility index (Phi) is 11.4. The van der Waals surface area contributed by atoms with Crippen molar-refractivity contribution in [1.82, 2.24) is 40.0 Å². The van der Waals surface area contributed by atoms with E-state index >= 15 is 0 Å². The van der Waals surface area contributed by atoms with Gasteiger partial charge in [-0.25, -0.2) is 19.6 Å². The second-order valence-corrected chi connectivity index (χ2v) is 14.8. The fourth-order valence-electron chi connectivity index (χ4n) is 7.68. The Bertz CT molecular complexity index is 1950.